The molecule has 41 heavy (non-hydrogen) atoms. The predicted molar refractivity (Wildman–Crippen MR) is 174 cm³/mol. The largest absolute Gasteiger partial charge is 0.399 e. The van der Waals surface area contributed by atoms with Gasteiger partial charge in [-0.3, -0.25) is 4.52 Å². The van der Waals surface area contributed by atoms with E-state index in [1.54, 1.807) is 5.56 Å². The zero-order valence-corrected chi connectivity index (χ0v) is 26.0. The lowest BCUT2D eigenvalue weighted by atomic mass is 9.95. The van der Waals surface area contributed by atoms with Crippen LogP contribution in [0.1, 0.15) is 94.7 Å². The fourth-order valence-corrected chi connectivity index (χ4v) is 14.1. The predicted octanol–water partition coefficient (Wildman–Crippen LogP) is 11.8. The van der Waals surface area contributed by atoms with Crippen LogP contribution in [0, 0.1) is 5.92 Å². The van der Waals surface area contributed by atoms with Gasteiger partial charge in [0.25, 0.3) is 0 Å². The molecule has 0 N–H and O–H groups in total. The molecule has 3 nitrogen and oxygen atoms in total. The number of hydrogen-bond donors (Lipinski definition) is 0. The van der Waals surface area contributed by atoms with E-state index in [0.717, 1.165) is 39.7 Å². The van der Waals surface area contributed by atoms with Gasteiger partial charge in [0, 0.05) is 16.4 Å². The second-order valence-electron chi connectivity index (χ2n) is 12.5. The van der Waals surface area contributed by atoms with Crippen LogP contribution in [0.3, 0.4) is 0 Å². The third-order valence-corrected chi connectivity index (χ3v) is 15.2. The topological polar surface area (TPSA) is 35.5 Å². The Bertz CT molecular complexity index is 1380. The Labute approximate surface area is 247 Å². The van der Waals surface area contributed by atoms with Crippen LogP contribution in [0.25, 0.3) is 21.9 Å². The monoisotopic (exact) mass is 586 g/mol. The summed E-state index contributed by atoms with van der Waals surface area (Å²) in [5.74, 6) is 0.524. The molecule has 0 radical (unpaired) electrons. The maximum atomic E-state index is 7.02. The molecule has 5 heteroatoms. The molecule has 3 unspecified atom stereocenters. The second-order valence-corrected chi connectivity index (χ2v) is 16.5. The molecular formula is C36H44O3P2. The molecule has 3 aromatic carbocycles. The first-order chi connectivity index (χ1) is 20.3. The average Bonchev–Trinajstić information content (AvgIpc) is 3.42. The van der Waals surface area contributed by atoms with Crippen molar-refractivity contribution in [1.82, 2.24) is 0 Å². The van der Waals surface area contributed by atoms with Crippen molar-refractivity contribution in [3.8, 4) is 0 Å². The molecule has 3 atom stereocenters. The van der Waals surface area contributed by atoms with E-state index in [1.807, 2.05) is 12.1 Å². The highest BCUT2D eigenvalue weighted by Gasteiger charge is 2.45. The van der Waals surface area contributed by atoms with Gasteiger partial charge in [0.2, 0.25) is 0 Å². The molecule has 0 aliphatic heterocycles. The minimum absolute atomic E-state index is 0.142. The van der Waals surface area contributed by atoms with Gasteiger partial charge >= 0.3 is 8.24 Å². The van der Waals surface area contributed by atoms with Gasteiger partial charge in [-0.2, -0.15) is 0 Å². The number of hydrogen-bond acceptors (Lipinski definition) is 3. The quantitative estimate of drug-likeness (QED) is 0.202. The Kier molecular flexibility index (Phi) is 8.85. The first kappa shape index (κ1) is 27.8. The number of para-hydroxylation sites is 2. The lowest BCUT2D eigenvalue weighted by molar-refractivity contribution is 0.202. The lowest BCUT2D eigenvalue weighted by Crippen LogP contribution is -2.31. The number of fused-ring (bicyclic) bond motifs is 3. The molecule has 0 spiro atoms. The van der Waals surface area contributed by atoms with E-state index in [0.29, 0.717) is 11.6 Å². The number of rotatable bonds is 7. The van der Waals surface area contributed by atoms with Gasteiger partial charge in [-0.05, 0) is 73.5 Å². The summed E-state index contributed by atoms with van der Waals surface area (Å²) in [6, 6.07) is 28.2. The van der Waals surface area contributed by atoms with Gasteiger partial charge < -0.3 is 8.39 Å². The molecule has 3 aliphatic carbocycles. The maximum absolute atomic E-state index is 7.02. The Hall–Kier alpha value is -2.05. The fraction of sp³-hybridized carbons (Fsp3) is 0.500. The van der Waals surface area contributed by atoms with E-state index in [1.165, 1.54) is 77.0 Å². The van der Waals surface area contributed by atoms with Crippen molar-refractivity contribution in [2.24, 2.45) is 5.92 Å². The van der Waals surface area contributed by atoms with Crippen molar-refractivity contribution in [3.63, 3.8) is 0 Å². The SMILES string of the molecule is c1ccc(C(C2CCCC2Op2oc3ccccc3c3ccccc3o2)P(C2CCCCC2)C2CCCCC2)cc1. The van der Waals surface area contributed by atoms with Crippen LogP contribution in [-0.2, 0) is 0 Å². The summed E-state index contributed by atoms with van der Waals surface area (Å²) in [7, 11) is -1.69. The van der Waals surface area contributed by atoms with Crippen molar-refractivity contribution < 1.29 is 12.9 Å². The Balaban J connectivity index is 1.28. The van der Waals surface area contributed by atoms with Crippen LogP contribution in [0.15, 0.2) is 87.3 Å². The summed E-state index contributed by atoms with van der Waals surface area (Å²) in [5.41, 5.74) is 5.72. The lowest BCUT2D eigenvalue weighted by Gasteiger charge is -2.46. The van der Waals surface area contributed by atoms with Crippen LogP contribution >= 0.6 is 16.2 Å². The Morgan fingerprint density at radius 3 is 1.71 bits per heavy atom. The van der Waals surface area contributed by atoms with Gasteiger partial charge in [0.05, 0.1) is 6.10 Å². The van der Waals surface area contributed by atoms with E-state index < -0.39 is 8.24 Å². The molecule has 4 aromatic rings. The van der Waals surface area contributed by atoms with Gasteiger partial charge in [-0.15, -0.1) is 0 Å². The second kappa shape index (κ2) is 13.1. The van der Waals surface area contributed by atoms with Gasteiger partial charge in [0.15, 0.2) is 0 Å². The minimum atomic E-state index is -1.54. The third-order valence-electron chi connectivity index (χ3n) is 10.00. The van der Waals surface area contributed by atoms with Gasteiger partial charge in [-0.25, -0.2) is 0 Å². The molecular weight excluding hydrogens is 542 g/mol. The summed E-state index contributed by atoms with van der Waals surface area (Å²) < 4.78 is 20.1. The molecule has 0 bridgehead atoms. The van der Waals surface area contributed by atoms with Crippen LogP contribution in [0.4, 0.5) is 0 Å². The zero-order valence-electron chi connectivity index (χ0n) is 24.2. The Morgan fingerprint density at radius 2 is 1.12 bits per heavy atom. The van der Waals surface area contributed by atoms with E-state index in [4.69, 9.17) is 12.9 Å². The fourth-order valence-electron chi connectivity index (χ4n) is 8.12. The van der Waals surface area contributed by atoms with Crippen molar-refractivity contribution in [3.05, 3.63) is 84.4 Å². The molecule has 0 amide bonds. The molecule has 216 valence electrons. The minimum Gasteiger partial charge on any atom is -0.399 e. The summed E-state index contributed by atoms with van der Waals surface area (Å²) >= 11 is 0. The summed E-state index contributed by atoms with van der Waals surface area (Å²) in [6.07, 6.45) is 18.1. The van der Waals surface area contributed by atoms with Crippen molar-refractivity contribution in [2.45, 2.75) is 107 Å². The molecule has 3 fully saturated rings. The highest BCUT2D eigenvalue weighted by Crippen LogP contribution is 2.68. The molecule has 7 rings (SSSR count). The average molecular weight is 587 g/mol. The van der Waals surface area contributed by atoms with Gasteiger partial charge in [-0.1, -0.05) is 120 Å². The third kappa shape index (κ3) is 6.06. The Morgan fingerprint density at radius 1 is 0.585 bits per heavy atom. The van der Waals surface area contributed by atoms with E-state index >= 15 is 0 Å². The van der Waals surface area contributed by atoms with Crippen molar-refractivity contribution in [1.29, 1.82) is 0 Å². The normalized spacial score (nSPS) is 23.3. The standard InChI is InChI=1S/C36H44O3P2/c1-4-15-27(16-5-1)36(40(28-17-6-2-7-18-28)29-19-8-3-9-20-29)32-23-14-26-35(32)39-41-37-33-24-12-10-21-30(33)31-22-11-13-25-34(31)38-41/h1,4-5,10-13,15-16,21-22,24-25,28-29,32,35-36H,2-3,6-9,14,17-20,23,26H2. The molecule has 1 aromatic heterocycles. The summed E-state index contributed by atoms with van der Waals surface area (Å²) in [4.78, 5) is 0. The first-order valence-electron chi connectivity index (χ1n) is 16.2. The van der Waals surface area contributed by atoms with E-state index in [9.17, 15) is 0 Å². The first-order valence-corrected chi connectivity index (χ1v) is 18.8. The molecule has 3 aliphatic rings. The van der Waals surface area contributed by atoms with Crippen LogP contribution in [-0.4, -0.2) is 17.4 Å². The van der Waals surface area contributed by atoms with Crippen LogP contribution in [0.5, 0.6) is 0 Å². The molecule has 3 saturated carbocycles. The smallest absolute Gasteiger partial charge is 0.387 e. The van der Waals surface area contributed by atoms with Gasteiger partial charge in [0.1, 0.15) is 11.2 Å². The summed E-state index contributed by atoms with van der Waals surface area (Å²) in [5, 5.41) is 2.17. The highest BCUT2D eigenvalue weighted by molar-refractivity contribution is 7.59. The van der Waals surface area contributed by atoms with E-state index in [-0.39, 0.29) is 14.0 Å². The zero-order chi connectivity index (χ0) is 27.4. The maximum Gasteiger partial charge on any atom is 0.387 e. The highest BCUT2D eigenvalue weighted by atomic mass is 31.1. The van der Waals surface area contributed by atoms with Crippen LogP contribution in [0.2, 0.25) is 0 Å². The number of benzene rings is 3. The molecule has 0 saturated heterocycles. The van der Waals surface area contributed by atoms with Crippen molar-refractivity contribution >= 4 is 38.1 Å². The summed E-state index contributed by atoms with van der Waals surface area (Å²) in [6.45, 7) is 0. The van der Waals surface area contributed by atoms with Crippen molar-refractivity contribution in [2.75, 3.05) is 0 Å². The van der Waals surface area contributed by atoms with Crippen LogP contribution < -0.4 is 4.52 Å². The van der Waals surface area contributed by atoms with E-state index in [2.05, 4.69) is 66.7 Å². The molecule has 1 heterocycles.